The second-order valence-corrected chi connectivity index (χ2v) is 12.7. The molecule has 6 fully saturated rings. The highest BCUT2D eigenvalue weighted by molar-refractivity contribution is 4.74. The predicted molar refractivity (Wildman–Crippen MR) is 167 cm³/mol. The highest BCUT2D eigenvalue weighted by Crippen LogP contribution is 2.15. The topological polar surface area (TPSA) is 126 Å². The summed E-state index contributed by atoms with van der Waals surface area (Å²) in [6.07, 6.45) is 17.4. The molecule has 6 aliphatic rings. The van der Waals surface area contributed by atoms with Crippen molar-refractivity contribution < 1.29 is 0 Å². The van der Waals surface area contributed by atoms with Gasteiger partial charge in [0.2, 0.25) is 0 Å². The van der Waals surface area contributed by atoms with Gasteiger partial charge in [-0.2, -0.15) is 0 Å². The van der Waals surface area contributed by atoms with E-state index in [1.165, 1.54) is 123 Å². The third kappa shape index (κ3) is 20.6. The minimum atomic E-state index is 0.536. The normalized spacial score (nSPS) is 26.2. The minimum absolute atomic E-state index is 0.536. The maximum atomic E-state index is 5.63. The summed E-state index contributed by atoms with van der Waals surface area (Å²) in [7, 11) is 0. The van der Waals surface area contributed by atoms with Crippen molar-refractivity contribution in [2.24, 2.45) is 40.9 Å². The van der Waals surface area contributed by atoms with Gasteiger partial charge in [0.15, 0.2) is 0 Å². The van der Waals surface area contributed by atoms with E-state index in [1.807, 2.05) is 0 Å². The van der Waals surface area contributed by atoms with Crippen LogP contribution in [0.4, 0.5) is 0 Å². The summed E-state index contributed by atoms with van der Waals surface area (Å²) in [5.74, 6) is 3.70. The number of rotatable bonds is 2. The molecule has 2 saturated carbocycles. The fourth-order valence-electron chi connectivity index (χ4n) is 5.01. The van der Waals surface area contributed by atoms with Crippen LogP contribution in [0.2, 0.25) is 0 Å². The van der Waals surface area contributed by atoms with E-state index in [9.17, 15) is 0 Å². The Labute approximate surface area is 237 Å². The molecule has 2 aliphatic carbocycles. The van der Waals surface area contributed by atoms with Crippen LogP contribution in [0, 0.1) is 23.7 Å². The van der Waals surface area contributed by atoms with Crippen molar-refractivity contribution >= 4 is 0 Å². The summed E-state index contributed by atoms with van der Waals surface area (Å²) in [5.41, 5.74) is 16.5. The van der Waals surface area contributed by atoms with Gasteiger partial charge in [0.1, 0.15) is 0 Å². The van der Waals surface area contributed by atoms with Gasteiger partial charge in [-0.15, -0.1) is 0 Å². The van der Waals surface area contributed by atoms with Crippen LogP contribution in [-0.4, -0.2) is 71.0 Å². The lowest BCUT2D eigenvalue weighted by molar-refractivity contribution is 0.339. The summed E-state index contributed by atoms with van der Waals surface area (Å²) in [5, 5.41) is 12.9. The third-order valence-electron chi connectivity index (χ3n) is 8.63. The minimum Gasteiger partial charge on any atom is -0.330 e. The Kier molecular flexibility index (Phi) is 23.1. The monoisotopic (exact) mass is 540 g/mol. The molecule has 4 aliphatic heterocycles. The smallest absolute Gasteiger partial charge is 0.00388 e. The first-order valence-corrected chi connectivity index (χ1v) is 16.5. The first-order chi connectivity index (χ1) is 18.4. The van der Waals surface area contributed by atoms with Gasteiger partial charge in [0, 0.05) is 25.2 Å². The molecule has 1 atom stereocenters. The summed E-state index contributed by atoms with van der Waals surface area (Å²) >= 11 is 0. The molecule has 0 radical (unpaired) electrons. The summed E-state index contributed by atoms with van der Waals surface area (Å²) in [4.78, 5) is 0. The Morgan fingerprint density at radius 3 is 1.13 bits per heavy atom. The van der Waals surface area contributed by atoms with Crippen LogP contribution in [0.3, 0.4) is 0 Å². The molecule has 228 valence electrons. The van der Waals surface area contributed by atoms with Crippen LogP contribution in [0.5, 0.6) is 0 Å². The summed E-state index contributed by atoms with van der Waals surface area (Å²) in [6, 6.07) is 1.08. The van der Waals surface area contributed by atoms with E-state index in [1.54, 1.807) is 0 Å². The van der Waals surface area contributed by atoms with Crippen molar-refractivity contribution in [2.75, 3.05) is 58.9 Å². The fourth-order valence-corrected chi connectivity index (χ4v) is 5.01. The van der Waals surface area contributed by atoms with Crippen molar-refractivity contribution in [3.63, 3.8) is 0 Å². The largest absolute Gasteiger partial charge is 0.330 e. The molecule has 4 heterocycles. The van der Waals surface area contributed by atoms with E-state index in [2.05, 4.69) is 42.0 Å². The lowest BCUT2D eigenvalue weighted by Gasteiger charge is -2.25. The van der Waals surface area contributed by atoms with Crippen molar-refractivity contribution in [1.29, 1.82) is 0 Å². The van der Waals surface area contributed by atoms with Crippen molar-refractivity contribution in [3.8, 4) is 0 Å². The average molecular weight is 540 g/mol. The maximum absolute atomic E-state index is 5.63. The molecule has 38 heavy (non-hydrogen) atoms. The molecule has 0 bridgehead atoms. The van der Waals surface area contributed by atoms with E-state index in [-0.39, 0.29) is 0 Å². The Hall–Kier alpha value is -0.280. The van der Waals surface area contributed by atoms with E-state index in [0.29, 0.717) is 12.1 Å². The van der Waals surface area contributed by atoms with E-state index in [0.717, 1.165) is 43.3 Å². The van der Waals surface area contributed by atoms with Crippen LogP contribution in [0.15, 0.2) is 0 Å². The third-order valence-corrected chi connectivity index (χ3v) is 8.63. The SMILES string of the molecule is CC1CCNC1.CC1CCNCC1.CCC1CNC1.NC1CCCC1.NC1CCCCC1.NCC1CNC1. The van der Waals surface area contributed by atoms with Gasteiger partial charge in [-0.25, -0.2) is 0 Å². The fraction of sp³-hybridized carbons (Fsp3) is 1.00. The van der Waals surface area contributed by atoms with Gasteiger partial charge in [-0.1, -0.05) is 59.3 Å². The van der Waals surface area contributed by atoms with Gasteiger partial charge < -0.3 is 38.5 Å². The quantitative estimate of drug-likeness (QED) is 0.286. The van der Waals surface area contributed by atoms with Gasteiger partial charge >= 0.3 is 0 Å². The Balaban J connectivity index is 0.000000228. The molecular formula is C31H69N7. The second kappa shape index (κ2) is 24.5. The molecule has 1 unspecified atom stereocenters. The number of piperidine rings is 1. The molecule has 0 aromatic rings. The first kappa shape index (κ1) is 35.7. The summed E-state index contributed by atoms with van der Waals surface area (Å²) < 4.78 is 0. The molecule has 6 rings (SSSR count). The lowest BCUT2D eigenvalue weighted by Crippen LogP contribution is -2.45. The van der Waals surface area contributed by atoms with Crippen LogP contribution in [-0.2, 0) is 0 Å². The van der Waals surface area contributed by atoms with Crippen molar-refractivity contribution in [1.82, 2.24) is 21.3 Å². The van der Waals surface area contributed by atoms with Gasteiger partial charge in [0.25, 0.3) is 0 Å². The van der Waals surface area contributed by atoms with Crippen LogP contribution >= 0.6 is 0 Å². The molecule has 7 nitrogen and oxygen atoms in total. The van der Waals surface area contributed by atoms with Crippen molar-refractivity contribution in [2.45, 2.75) is 116 Å². The van der Waals surface area contributed by atoms with Crippen molar-refractivity contribution in [3.05, 3.63) is 0 Å². The molecule has 4 saturated heterocycles. The molecule has 10 N–H and O–H groups in total. The Bertz CT molecular complexity index is 425. The average Bonchev–Trinajstić information content (AvgIpc) is 3.54. The molecule has 0 amide bonds. The standard InChI is InChI=1S/2C6H13N.3C5H11N.C4H10N2/c1-6-2-4-7-5-3-6;7-6-4-2-1-3-5-6;1-5-2-3-6-4-5;1-2-5-3-6-4-5;6-5-3-1-2-4-5;5-1-4-2-6-3-4/h6-7H,2-5H2,1H3;6H,1-5,7H2;2*5-6H,2-4H2,1H3;5H,1-4,6H2;4,6H,1-3,5H2. The first-order valence-electron chi connectivity index (χ1n) is 16.5. The van der Waals surface area contributed by atoms with Crippen LogP contribution in [0.1, 0.15) is 104 Å². The zero-order valence-corrected chi connectivity index (χ0v) is 25.8. The zero-order chi connectivity index (χ0) is 27.8. The number of hydrogen-bond donors (Lipinski definition) is 7. The van der Waals surface area contributed by atoms with Gasteiger partial charge in [-0.3, -0.25) is 0 Å². The lowest BCUT2D eigenvalue weighted by atomic mass is 9.97. The highest BCUT2D eigenvalue weighted by atomic mass is 15.0. The molecule has 0 spiro atoms. The molecule has 7 heteroatoms. The van der Waals surface area contributed by atoms with Gasteiger partial charge in [0.05, 0.1) is 0 Å². The highest BCUT2D eigenvalue weighted by Gasteiger charge is 2.13. The molecule has 0 aromatic carbocycles. The Morgan fingerprint density at radius 2 is 0.974 bits per heavy atom. The predicted octanol–water partition coefficient (Wildman–Crippen LogP) is 3.57. The molecule has 0 aromatic heterocycles. The summed E-state index contributed by atoms with van der Waals surface area (Å²) in [6.45, 7) is 17.4. The van der Waals surface area contributed by atoms with E-state index >= 15 is 0 Å². The van der Waals surface area contributed by atoms with E-state index < -0.39 is 0 Å². The number of nitrogens with two attached hydrogens (primary N) is 3. The second-order valence-electron chi connectivity index (χ2n) is 12.7. The number of hydrogen-bond acceptors (Lipinski definition) is 7. The maximum Gasteiger partial charge on any atom is 0.00388 e. The van der Waals surface area contributed by atoms with Gasteiger partial charge in [-0.05, 0) is 114 Å². The molecular weight excluding hydrogens is 470 g/mol. The number of nitrogens with one attached hydrogen (secondary N) is 4. The van der Waals surface area contributed by atoms with Crippen LogP contribution < -0.4 is 38.5 Å². The Morgan fingerprint density at radius 1 is 0.526 bits per heavy atom. The van der Waals surface area contributed by atoms with Crippen LogP contribution in [0.25, 0.3) is 0 Å². The zero-order valence-electron chi connectivity index (χ0n) is 25.8. The van der Waals surface area contributed by atoms with E-state index in [4.69, 9.17) is 17.2 Å².